The van der Waals surface area contributed by atoms with Crippen molar-refractivity contribution < 1.29 is 32.8 Å². The van der Waals surface area contributed by atoms with E-state index >= 15 is 4.39 Å². The van der Waals surface area contributed by atoms with Crippen LogP contribution < -0.4 is 10.0 Å². The first-order valence-electron chi connectivity index (χ1n) is 13.3. The van der Waals surface area contributed by atoms with Crippen molar-refractivity contribution in [1.29, 1.82) is 0 Å². The fourth-order valence-electron chi connectivity index (χ4n) is 4.48. The Balaban J connectivity index is 1.45. The van der Waals surface area contributed by atoms with E-state index in [1.807, 2.05) is 13.0 Å². The van der Waals surface area contributed by atoms with Gasteiger partial charge in [0.2, 0.25) is 0 Å². The van der Waals surface area contributed by atoms with Crippen LogP contribution in [-0.4, -0.2) is 66.1 Å². The van der Waals surface area contributed by atoms with Gasteiger partial charge in [0.1, 0.15) is 28.1 Å². The summed E-state index contributed by atoms with van der Waals surface area (Å²) in [6.07, 6.45) is 2.62. The number of hydrogen-bond donors (Lipinski definition) is 5. The number of fused-ring (bicyclic) bond motifs is 3. The van der Waals surface area contributed by atoms with E-state index in [2.05, 4.69) is 25.0 Å². The second kappa shape index (κ2) is 12.7. The van der Waals surface area contributed by atoms with Crippen LogP contribution in [0.15, 0.2) is 60.9 Å². The molecule has 2 atom stereocenters. The molecule has 43 heavy (non-hydrogen) atoms. The number of nitrogens with zero attached hydrogens (tertiary/aromatic N) is 2. The Bertz CT molecular complexity index is 1860. The number of hydrogen-bond acceptors (Lipinski definition) is 7. The van der Waals surface area contributed by atoms with E-state index in [1.165, 1.54) is 24.4 Å². The van der Waals surface area contributed by atoms with E-state index in [0.717, 1.165) is 12.1 Å². The number of ketones is 1. The van der Waals surface area contributed by atoms with E-state index in [-0.39, 0.29) is 29.2 Å². The summed E-state index contributed by atoms with van der Waals surface area (Å²) in [5, 5.41) is 22.0. The number of amides is 1. The summed E-state index contributed by atoms with van der Waals surface area (Å²) in [6.45, 7) is 1.22. The van der Waals surface area contributed by atoms with Gasteiger partial charge in [0.25, 0.3) is 5.91 Å². The van der Waals surface area contributed by atoms with Crippen LogP contribution >= 0.6 is 0 Å². The van der Waals surface area contributed by atoms with Crippen molar-refractivity contribution in [2.75, 3.05) is 23.6 Å². The maximum atomic E-state index is 15.3. The summed E-state index contributed by atoms with van der Waals surface area (Å²) in [5.74, 6) is -3.27. The van der Waals surface area contributed by atoms with Gasteiger partial charge < -0.3 is 25.2 Å². The molecule has 5 rings (SSSR count). The van der Waals surface area contributed by atoms with E-state index in [0.29, 0.717) is 39.5 Å². The van der Waals surface area contributed by atoms with Crippen LogP contribution in [0.2, 0.25) is 0 Å². The molecule has 3 aromatic heterocycles. The minimum atomic E-state index is -1.58. The van der Waals surface area contributed by atoms with Crippen LogP contribution in [0.1, 0.15) is 39.8 Å². The average molecular weight is 608 g/mol. The van der Waals surface area contributed by atoms with Crippen LogP contribution in [0, 0.1) is 11.6 Å². The van der Waals surface area contributed by atoms with Gasteiger partial charge in [0, 0.05) is 57.7 Å². The summed E-state index contributed by atoms with van der Waals surface area (Å²) in [7, 11) is -1.58. The summed E-state index contributed by atoms with van der Waals surface area (Å²) in [4.78, 5) is 37.4. The maximum absolute atomic E-state index is 15.3. The molecule has 3 heterocycles. The third kappa shape index (κ3) is 6.28. The van der Waals surface area contributed by atoms with Crippen LogP contribution in [0.3, 0.4) is 0 Å². The zero-order chi connectivity index (χ0) is 30.7. The molecule has 0 saturated heterocycles. The zero-order valence-corrected chi connectivity index (χ0v) is 23.7. The van der Waals surface area contributed by atoms with Gasteiger partial charge in [-0.05, 0) is 48.9 Å². The van der Waals surface area contributed by atoms with Gasteiger partial charge in [-0.2, -0.15) is 0 Å². The van der Waals surface area contributed by atoms with E-state index in [9.17, 15) is 23.3 Å². The Labute approximate surface area is 246 Å². The number of aliphatic hydroxyl groups is 2. The van der Waals surface area contributed by atoms with Crippen LogP contribution in [-0.2, 0) is 11.0 Å². The Kier molecular flexibility index (Phi) is 8.85. The fourth-order valence-corrected chi connectivity index (χ4v) is 5.36. The molecule has 0 aliphatic heterocycles. The molecule has 0 fully saturated rings. The number of nitrogens with one attached hydrogen (secondary N) is 3. The second-order valence-electron chi connectivity index (χ2n) is 9.75. The van der Waals surface area contributed by atoms with Crippen molar-refractivity contribution in [1.82, 2.24) is 20.3 Å². The Morgan fingerprint density at radius 1 is 1.02 bits per heavy atom. The largest absolute Gasteiger partial charge is 0.394 e. The number of anilines is 1. The molecular weight excluding hydrogens is 580 g/mol. The molecule has 0 aliphatic rings. The molecule has 10 nitrogen and oxygen atoms in total. The molecular formula is C30H27F2N5O5S. The van der Waals surface area contributed by atoms with Gasteiger partial charge in [-0.15, -0.1) is 0 Å². The molecule has 5 aromatic rings. The number of pyridine rings is 2. The first-order valence-corrected chi connectivity index (χ1v) is 14.6. The quantitative estimate of drug-likeness (QED) is 0.143. The molecule has 5 N–H and O–H groups in total. The van der Waals surface area contributed by atoms with E-state index < -0.39 is 52.6 Å². The van der Waals surface area contributed by atoms with Crippen LogP contribution in [0.5, 0.6) is 0 Å². The number of rotatable bonds is 11. The molecule has 1 amide bonds. The van der Waals surface area contributed by atoms with Gasteiger partial charge in [-0.1, -0.05) is 13.0 Å². The number of aliphatic hydroxyl groups excluding tert-OH is 2. The third-order valence-corrected chi connectivity index (χ3v) is 7.91. The first-order chi connectivity index (χ1) is 20.7. The summed E-state index contributed by atoms with van der Waals surface area (Å²) < 4.78 is 44.6. The van der Waals surface area contributed by atoms with Gasteiger partial charge in [0.15, 0.2) is 11.6 Å². The zero-order valence-electron chi connectivity index (χ0n) is 22.9. The second-order valence-corrected chi connectivity index (χ2v) is 11.1. The van der Waals surface area contributed by atoms with Crippen LogP contribution in [0.25, 0.3) is 33.1 Å². The van der Waals surface area contributed by atoms with E-state index in [1.54, 1.807) is 18.3 Å². The third-order valence-electron chi connectivity index (χ3n) is 6.68. The lowest BCUT2D eigenvalue weighted by atomic mass is 9.99. The first kappa shape index (κ1) is 29.9. The highest BCUT2D eigenvalue weighted by Crippen LogP contribution is 2.31. The molecule has 2 aromatic carbocycles. The Morgan fingerprint density at radius 3 is 2.53 bits per heavy atom. The molecule has 0 radical (unpaired) electrons. The number of carbonyl (C=O) groups is 2. The lowest BCUT2D eigenvalue weighted by Crippen LogP contribution is -2.34. The molecule has 222 valence electrons. The molecule has 0 bridgehead atoms. The van der Waals surface area contributed by atoms with Crippen molar-refractivity contribution in [3.63, 3.8) is 0 Å². The summed E-state index contributed by atoms with van der Waals surface area (Å²) >= 11 is 0. The van der Waals surface area contributed by atoms with Gasteiger partial charge in [0.05, 0.1) is 24.0 Å². The Hall–Kier alpha value is -4.59. The number of benzene rings is 2. The normalized spacial score (nSPS) is 12.8. The van der Waals surface area contributed by atoms with Crippen molar-refractivity contribution in [2.45, 2.75) is 19.4 Å². The minimum Gasteiger partial charge on any atom is -0.394 e. The number of halogens is 2. The lowest BCUT2D eigenvalue weighted by molar-refractivity contribution is 0.0798. The minimum absolute atomic E-state index is 0.0479. The topological polar surface area (TPSA) is 157 Å². The van der Waals surface area contributed by atoms with Crippen LogP contribution in [0.4, 0.5) is 14.5 Å². The molecule has 0 saturated carbocycles. The molecule has 13 heteroatoms. The number of aromatic nitrogens is 3. The lowest BCUT2D eigenvalue weighted by Gasteiger charge is -2.11. The number of H-pyrrole nitrogens is 1. The summed E-state index contributed by atoms with van der Waals surface area (Å²) in [5.41, 5.74) is 1.68. The monoisotopic (exact) mass is 607 g/mol. The highest BCUT2D eigenvalue weighted by molar-refractivity contribution is 7.86. The maximum Gasteiger partial charge on any atom is 0.269 e. The summed E-state index contributed by atoms with van der Waals surface area (Å²) in [6, 6.07) is 11.7. The van der Waals surface area contributed by atoms with Gasteiger partial charge in [-0.3, -0.25) is 14.6 Å². The van der Waals surface area contributed by atoms with Gasteiger partial charge >= 0.3 is 0 Å². The predicted octanol–water partition coefficient (Wildman–Crippen LogP) is 3.86. The average Bonchev–Trinajstić information content (AvgIpc) is 3.38. The molecule has 0 spiro atoms. The van der Waals surface area contributed by atoms with Crippen molar-refractivity contribution in [3.05, 3.63) is 89.4 Å². The molecule has 0 aliphatic carbocycles. The number of aromatic amines is 1. The highest BCUT2D eigenvalue weighted by Gasteiger charge is 2.23. The Morgan fingerprint density at radius 2 is 1.81 bits per heavy atom. The van der Waals surface area contributed by atoms with Crippen molar-refractivity contribution >= 4 is 50.3 Å². The van der Waals surface area contributed by atoms with Gasteiger partial charge in [-0.25, -0.2) is 18.0 Å². The van der Waals surface area contributed by atoms with E-state index in [4.69, 9.17) is 5.11 Å². The predicted molar refractivity (Wildman–Crippen MR) is 159 cm³/mol. The van der Waals surface area contributed by atoms with Crippen molar-refractivity contribution in [2.24, 2.45) is 0 Å². The fraction of sp³-hybridized carbons (Fsp3) is 0.200. The highest BCUT2D eigenvalue weighted by atomic mass is 32.2. The SMILES string of the molecule is CCCS(=O)Nc1ccc(F)c(C(=O)c2ccc3[nH]c4ncc(-c5ccc(C(=O)NCC(O)CO)nc5)cc4c3c2)c1F. The number of carbonyl (C=O) groups excluding carboxylic acids is 2. The van der Waals surface area contributed by atoms with Crippen molar-refractivity contribution in [3.8, 4) is 11.1 Å². The molecule has 2 unspecified atom stereocenters. The smallest absolute Gasteiger partial charge is 0.269 e. The standard InChI is InChI=1S/C30H27F2N5O5S/c1-2-9-43(42)37-24-8-5-22(31)26(27(24)32)28(40)16-3-6-23-20(10-16)21-11-18(13-34-29(21)36-23)17-4-7-25(33-12-17)30(41)35-14-19(39)15-38/h3-8,10-13,19,37-39H,2,9,14-15H2,1H3,(H,34,36)(H,35,41).